The van der Waals surface area contributed by atoms with Crippen molar-refractivity contribution in [3.63, 3.8) is 0 Å². The number of hydrogen-bond donors (Lipinski definition) is 0. The monoisotopic (exact) mass is 304 g/mol. The summed E-state index contributed by atoms with van der Waals surface area (Å²) in [5.41, 5.74) is 0.598. The lowest BCUT2D eigenvalue weighted by molar-refractivity contribution is 0.322. The van der Waals surface area contributed by atoms with Gasteiger partial charge in [-0.05, 0) is 18.2 Å². The van der Waals surface area contributed by atoms with Crippen molar-refractivity contribution in [2.45, 2.75) is 6.42 Å². The van der Waals surface area contributed by atoms with Crippen LogP contribution in [0.15, 0.2) is 18.2 Å². The molecule has 1 aromatic rings. The fraction of sp³-hybridized carbons (Fsp3) is 0.385. The normalized spacial score (nSPS) is 10.7. The van der Waals surface area contributed by atoms with E-state index in [4.69, 9.17) is 16.3 Å². The van der Waals surface area contributed by atoms with E-state index in [1.807, 2.05) is 0 Å². The Morgan fingerprint density at radius 1 is 1.42 bits per heavy atom. The zero-order chi connectivity index (χ0) is 14.3. The van der Waals surface area contributed by atoms with Gasteiger partial charge in [-0.3, -0.25) is 0 Å². The molecule has 0 aromatic heterocycles. The van der Waals surface area contributed by atoms with E-state index in [2.05, 4.69) is 11.8 Å². The molecule has 0 amide bonds. The molecule has 19 heavy (non-hydrogen) atoms. The quantitative estimate of drug-likeness (QED) is 0.619. The Kier molecular flexibility index (Phi) is 6.13. The van der Waals surface area contributed by atoms with Crippen LogP contribution in [-0.4, -0.2) is 32.9 Å². The summed E-state index contributed by atoms with van der Waals surface area (Å²) in [7, 11) is -3.12. The highest BCUT2D eigenvalue weighted by molar-refractivity contribution is 7.90. The second kappa shape index (κ2) is 7.37. The Morgan fingerprint density at radius 3 is 2.79 bits per heavy atom. The van der Waals surface area contributed by atoms with Gasteiger partial charge in [-0.15, -0.1) is 11.6 Å². The molecule has 1 rings (SSSR count). The molecule has 0 fully saturated rings. The number of ether oxygens (including phenoxy) is 1. The van der Waals surface area contributed by atoms with Crippen LogP contribution >= 0.6 is 11.6 Å². The van der Waals surface area contributed by atoms with E-state index in [1.54, 1.807) is 0 Å². The predicted octanol–water partition coefficient (Wildman–Crippen LogP) is 2.23. The molecule has 0 atom stereocenters. The Balaban J connectivity index is 2.72. The lowest BCUT2D eigenvalue weighted by Gasteiger charge is -2.06. The predicted molar refractivity (Wildman–Crippen MR) is 73.8 cm³/mol. The van der Waals surface area contributed by atoms with Crippen molar-refractivity contribution in [3.05, 3.63) is 29.6 Å². The standard InChI is InChI=1S/C13H14ClFO3S/c1-19(16,17)9-8-18-13-10-11(4-2-3-7-14)5-6-12(13)15/h5-6,10H,3,7-9H2,1H3. The lowest BCUT2D eigenvalue weighted by atomic mass is 10.2. The van der Waals surface area contributed by atoms with E-state index in [1.165, 1.54) is 18.2 Å². The van der Waals surface area contributed by atoms with Crippen LogP contribution in [0.1, 0.15) is 12.0 Å². The van der Waals surface area contributed by atoms with Gasteiger partial charge in [0.05, 0.1) is 5.75 Å². The topological polar surface area (TPSA) is 43.4 Å². The van der Waals surface area contributed by atoms with Gasteiger partial charge in [0.1, 0.15) is 6.61 Å². The Labute approximate surface area is 117 Å². The fourth-order valence-corrected chi connectivity index (χ4v) is 1.69. The third-order valence-corrected chi connectivity index (χ3v) is 3.19. The number of hydrogen-bond acceptors (Lipinski definition) is 3. The van der Waals surface area contributed by atoms with E-state index in [9.17, 15) is 12.8 Å². The molecule has 104 valence electrons. The van der Waals surface area contributed by atoms with Crippen molar-refractivity contribution < 1.29 is 17.5 Å². The average Bonchev–Trinajstić information content (AvgIpc) is 2.31. The SMILES string of the molecule is CS(=O)(=O)CCOc1cc(C#CCCCl)ccc1F. The van der Waals surface area contributed by atoms with Crippen molar-refractivity contribution >= 4 is 21.4 Å². The summed E-state index contributed by atoms with van der Waals surface area (Å²) >= 11 is 5.49. The van der Waals surface area contributed by atoms with Crippen LogP contribution in [0.25, 0.3) is 0 Å². The van der Waals surface area contributed by atoms with Crippen LogP contribution in [-0.2, 0) is 9.84 Å². The first-order chi connectivity index (χ1) is 8.92. The average molecular weight is 305 g/mol. The van der Waals surface area contributed by atoms with E-state index < -0.39 is 15.7 Å². The summed E-state index contributed by atoms with van der Waals surface area (Å²) in [6.07, 6.45) is 1.64. The molecule has 0 aliphatic rings. The second-order valence-corrected chi connectivity index (χ2v) is 6.50. The molecular weight excluding hydrogens is 291 g/mol. The van der Waals surface area contributed by atoms with Gasteiger partial charge < -0.3 is 4.74 Å². The van der Waals surface area contributed by atoms with Gasteiger partial charge in [0, 0.05) is 24.1 Å². The number of benzene rings is 1. The zero-order valence-corrected chi connectivity index (χ0v) is 12.0. The highest BCUT2D eigenvalue weighted by Gasteiger charge is 2.07. The second-order valence-electron chi connectivity index (χ2n) is 3.86. The molecule has 0 aliphatic heterocycles. The molecule has 0 bridgehead atoms. The lowest BCUT2D eigenvalue weighted by Crippen LogP contribution is -2.12. The fourth-order valence-electron chi connectivity index (χ4n) is 1.21. The van der Waals surface area contributed by atoms with Gasteiger partial charge in [0.2, 0.25) is 0 Å². The van der Waals surface area contributed by atoms with Crippen LogP contribution in [0.3, 0.4) is 0 Å². The minimum absolute atomic E-state index is 0.00123. The Morgan fingerprint density at radius 2 is 2.16 bits per heavy atom. The number of alkyl halides is 1. The summed E-state index contributed by atoms with van der Waals surface area (Å²) in [5.74, 6) is 5.38. The van der Waals surface area contributed by atoms with E-state index >= 15 is 0 Å². The smallest absolute Gasteiger partial charge is 0.165 e. The highest BCUT2D eigenvalue weighted by Crippen LogP contribution is 2.18. The van der Waals surface area contributed by atoms with E-state index in [0.29, 0.717) is 17.9 Å². The van der Waals surface area contributed by atoms with Gasteiger partial charge in [-0.1, -0.05) is 11.8 Å². The molecule has 3 nitrogen and oxygen atoms in total. The van der Waals surface area contributed by atoms with E-state index in [-0.39, 0.29) is 18.1 Å². The summed E-state index contributed by atoms with van der Waals surface area (Å²) in [6.45, 7) is -0.0890. The molecule has 0 unspecified atom stereocenters. The van der Waals surface area contributed by atoms with Crippen LogP contribution < -0.4 is 4.74 Å². The molecule has 0 aliphatic carbocycles. The number of sulfone groups is 1. The first kappa shape index (κ1) is 15.8. The van der Waals surface area contributed by atoms with Crippen molar-refractivity contribution in [2.75, 3.05) is 24.5 Å². The molecule has 6 heteroatoms. The summed E-state index contributed by atoms with van der Waals surface area (Å²) < 4.78 is 40.4. The first-order valence-corrected chi connectivity index (χ1v) is 8.17. The van der Waals surface area contributed by atoms with Gasteiger partial charge in [0.15, 0.2) is 21.4 Å². The molecule has 0 radical (unpaired) electrons. The first-order valence-electron chi connectivity index (χ1n) is 5.57. The maximum Gasteiger partial charge on any atom is 0.165 e. The third kappa shape index (κ3) is 6.46. The van der Waals surface area contributed by atoms with Gasteiger partial charge in [-0.25, -0.2) is 12.8 Å². The van der Waals surface area contributed by atoms with Crippen molar-refractivity contribution in [3.8, 4) is 17.6 Å². The Hall–Kier alpha value is -1.25. The minimum Gasteiger partial charge on any atom is -0.489 e. The molecule has 0 saturated heterocycles. The molecule has 0 heterocycles. The molecule has 1 aromatic carbocycles. The minimum atomic E-state index is -3.12. The van der Waals surface area contributed by atoms with Crippen LogP contribution in [0, 0.1) is 17.7 Å². The van der Waals surface area contributed by atoms with Crippen molar-refractivity contribution in [2.24, 2.45) is 0 Å². The molecule has 0 N–H and O–H groups in total. The van der Waals surface area contributed by atoms with Crippen LogP contribution in [0.4, 0.5) is 4.39 Å². The third-order valence-electron chi connectivity index (χ3n) is 2.10. The summed E-state index contributed by atoms with van der Waals surface area (Å²) in [5, 5.41) is 0. The Bertz CT molecular complexity index is 588. The number of rotatable bonds is 5. The van der Waals surface area contributed by atoms with Crippen molar-refractivity contribution in [1.82, 2.24) is 0 Å². The van der Waals surface area contributed by atoms with Crippen molar-refractivity contribution in [1.29, 1.82) is 0 Å². The maximum absolute atomic E-state index is 13.4. The molecular formula is C13H14ClFO3S. The molecule has 0 saturated carbocycles. The van der Waals surface area contributed by atoms with Crippen LogP contribution in [0.5, 0.6) is 5.75 Å². The number of halogens is 2. The van der Waals surface area contributed by atoms with Crippen LogP contribution in [0.2, 0.25) is 0 Å². The van der Waals surface area contributed by atoms with Gasteiger partial charge in [0.25, 0.3) is 0 Å². The largest absolute Gasteiger partial charge is 0.489 e. The van der Waals surface area contributed by atoms with Gasteiger partial charge in [-0.2, -0.15) is 0 Å². The highest BCUT2D eigenvalue weighted by atomic mass is 35.5. The summed E-state index contributed by atoms with van der Waals surface area (Å²) in [6, 6.07) is 4.21. The zero-order valence-electron chi connectivity index (χ0n) is 10.4. The van der Waals surface area contributed by atoms with E-state index in [0.717, 1.165) is 6.26 Å². The summed E-state index contributed by atoms with van der Waals surface area (Å²) in [4.78, 5) is 0. The maximum atomic E-state index is 13.4. The van der Waals surface area contributed by atoms with Gasteiger partial charge >= 0.3 is 0 Å². The molecule has 0 spiro atoms.